The lowest BCUT2D eigenvalue weighted by molar-refractivity contribution is 0.101. The topological polar surface area (TPSA) is 41.1 Å². The van der Waals surface area contributed by atoms with Crippen LogP contribution in [0.5, 0.6) is 0 Å². The number of hydrogen-bond donors (Lipinski definition) is 2. The summed E-state index contributed by atoms with van der Waals surface area (Å²) in [5, 5.41) is 5.76. The second-order valence-corrected chi connectivity index (χ2v) is 5.06. The minimum absolute atomic E-state index is 0.236. The highest BCUT2D eigenvalue weighted by Crippen LogP contribution is 2.26. The summed E-state index contributed by atoms with van der Waals surface area (Å²) in [6.45, 7) is 2.35. The molecule has 3 nitrogen and oxygen atoms in total. The van der Waals surface area contributed by atoms with Gasteiger partial charge in [-0.2, -0.15) is 0 Å². The highest BCUT2D eigenvalue weighted by Gasteiger charge is 2.20. The van der Waals surface area contributed by atoms with E-state index >= 15 is 0 Å². The molecule has 1 amide bonds. The molecule has 0 unspecified atom stereocenters. The van der Waals surface area contributed by atoms with Crippen LogP contribution in [-0.4, -0.2) is 12.5 Å². The molecule has 0 aromatic heterocycles. The second-order valence-electron chi connectivity index (χ2n) is 5.06. The Morgan fingerprint density at radius 3 is 2.86 bits per heavy atom. The van der Waals surface area contributed by atoms with Gasteiger partial charge in [0.25, 0.3) is 5.91 Å². The average molecular weight is 288 g/mol. The van der Waals surface area contributed by atoms with Crippen molar-refractivity contribution in [3.63, 3.8) is 0 Å². The van der Waals surface area contributed by atoms with Gasteiger partial charge in [0, 0.05) is 17.9 Å². The molecule has 0 spiro atoms. The molecule has 0 fully saturated rings. The van der Waals surface area contributed by atoms with Crippen molar-refractivity contribution in [2.45, 2.75) is 13.3 Å². The van der Waals surface area contributed by atoms with Gasteiger partial charge in [-0.25, -0.2) is 8.78 Å². The first-order valence-electron chi connectivity index (χ1n) is 6.69. The van der Waals surface area contributed by atoms with Crippen molar-refractivity contribution in [1.29, 1.82) is 0 Å². The predicted molar refractivity (Wildman–Crippen MR) is 77.7 cm³/mol. The Hall–Kier alpha value is -2.43. The van der Waals surface area contributed by atoms with Gasteiger partial charge in [0.2, 0.25) is 0 Å². The monoisotopic (exact) mass is 288 g/mol. The molecule has 0 bridgehead atoms. The van der Waals surface area contributed by atoms with E-state index in [0.29, 0.717) is 5.69 Å². The standard InChI is InChI=1S/C16H14F2N2O/c1-9-2-4-12(17)14(15(9)18)16(21)20-11-3-5-13-10(8-11)6-7-19-13/h2-5,8,19H,6-7H2,1H3,(H,20,21). The highest BCUT2D eigenvalue weighted by molar-refractivity contribution is 6.05. The van der Waals surface area contributed by atoms with Crippen molar-refractivity contribution >= 4 is 17.3 Å². The molecule has 0 saturated heterocycles. The van der Waals surface area contributed by atoms with Crippen molar-refractivity contribution in [2.24, 2.45) is 0 Å². The van der Waals surface area contributed by atoms with Gasteiger partial charge in [-0.1, -0.05) is 6.07 Å². The zero-order valence-corrected chi connectivity index (χ0v) is 11.5. The van der Waals surface area contributed by atoms with E-state index in [0.717, 1.165) is 30.3 Å². The first-order chi connectivity index (χ1) is 10.1. The van der Waals surface area contributed by atoms with E-state index in [-0.39, 0.29) is 5.56 Å². The van der Waals surface area contributed by atoms with E-state index in [1.807, 2.05) is 12.1 Å². The number of carbonyl (C=O) groups excluding carboxylic acids is 1. The Labute approximate surface area is 121 Å². The molecule has 3 rings (SSSR count). The number of nitrogens with one attached hydrogen (secondary N) is 2. The lowest BCUT2D eigenvalue weighted by atomic mass is 10.1. The molecular formula is C16H14F2N2O. The number of carbonyl (C=O) groups is 1. The summed E-state index contributed by atoms with van der Waals surface area (Å²) < 4.78 is 27.6. The Morgan fingerprint density at radius 2 is 2.05 bits per heavy atom. The van der Waals surface area contributed by atoms with E-state index in [9.17, 15) is 13.6 Å². The van der Waals surface area contributed by atoms with Crippen LogP contribution in [0.1, 0.15) is 21.5 Å². The maximum Gasteiger partial charge on any atom is 0.261 e. The van der Waals surface area contributed by atoms with Crippen molar-refractivity contribution in [3.05, 3.63) is 58.7 Å². The number of rotatable bonds is 2. The maximum absolute atomic E-state index is 13.9. The van der Waals surface area contributed by atoms with Gasteiger partial charge in [0.1, 0.15) is 17.2 Å². The number of halogens is 2. The summed E-state index contributed by atoms with van der Waals surface area (Å²) in [5.41, 5.74) is 2.33. The maximum atomic E-state index is 13.9. The molecule has 2 aromatic rings. The summed E-state index contributed by atoms with van der Waals surface area (Å²) in [4.78, 5) is 12.1. The number of hydrogen-bond acceptors (Lipinski definition) is 2. The molecule has 1 heterocycles. The Bertz CT molecular complexity index is 728. The third-order valence-corrected chi connectivity index (χ3v) is 3.58. The summed E-state index contributed by atoms with van der Waals surface area (Å²) >= 11 is 0. The molecule has 5 heteroatoms. The van der Waals surface area contributed by atoms with Crippen molar-refractivity contribution in [2.75, 3.05) is 17.2 Å². The van der Waals surface area contributed by atoms with Gasteiger partial charge in [-0.3, -0.25) is 4.79 Å². The molecule has 2 N–H and O–H groups in total. The van der Waals surface area contributed by atoms with Crippen molar-refractivity contribution in [1.82, 2.24) is 0 Å². The van der Waals surface area contributed by atoms with E-state index in [1.54, 1.807) is 6.07 Å². The zero-order chi connectivity index (χ0) is 15.0. The number of aryl methyl sites for hydroxylation is 1. The fourth-order valence-electron chi connectivity index (χ4n) is 2.44. The minimum Gasteiger partial charge on any atom is -0.384 e. The average Bonchev–Trinajstić information content (AvgIpc) is 2.91. The number of fused-ring (bicyclic) bond motifs is 1. The van der Waals surface area contributed by atoms with E-state index in [1.165, 1.54) is 13.0 Å². The van der Waals surface area contributed by atoms with Crippen molar-refractivity contribution in [3.8, 4) is 0 Å². The van der Waals surface area contributed by atoms with Gasteiger partial charge in [-0.15, -0.1) is 0 Å². The van der Waals surface area contributed by atoms with Gasteiger partial charge in [-0.05, 0) is 48.7 Å². The first kappa shape index (κ1) is 13.5. The molecule has 0 radical (unpaired) electrons. The first-order valence-corrected chi connectivity index (χ1v) is 6.69. The van der Waals surface area contributed by atoms with E-state index < -0.39 is 23.1 Å². The SMILES string of the molecule is Cc1ccc(F)c(C(=O)Nc2ccc3c(c2)CCN3)c1F. The highest BCUT2D eigenvalue weighted by atomic mass is 19.1. The summed E-state index contributed by atoms with van der Waals surface area (Å²) in [6.07, 6.45) is 0.867. The molecule has 0 atom stereocenters. The van der Waals surface area contributed by atoms with Crippen LogP contribution < -0.4 is 10.6 Å². The zero-order valence-electron chi connectivity index (χ0n) is 11.5. The van der Waals surface area contributed by atoms with Gasteiger partial charge >= 0.3 is 0 Å². The van der Waals surface area contributed by atoms with E-state index in [4.69, 9.17) is 0 Å². The lowest BCUT2D eigenvalue weighted by Crippen LogP contribution is -2.16. The van der Waals surface area contributed by atoms with Gasteiger partial charge in [0.05, 0.1) is 0 Å². The summed E-state index contributed by atoms with van der Waals surface area (Å²) in [7, 11) is 0. The number of amides is 1. The molecule has 21 heavy (non-hydrogen) atoms. The minimum atomic E-state index is -0.863. The Kier molecular flexibility index (Phi) is 3.33. The quantitative estimate of drug-likeness (QED) is 0.888. The van der Waals surface area contributed by atoms with Crippen molar-refractivity contribution < 1.29 is 13.6 Å². The van der Waals surface area contributed by atoms with Crippen LogP contribution >= 0.6 is 0 Å². The smallest absolute Gasteiger partial charge is 0.261 e. The normalized spacial score (nSPS) is 12.7. The third-order valence-electron chi connectivity index (χ3n) is 3.58. The molecule has 108 valence electrons. The lowest BCUT2D eigenvalue weighted by Gasteiger charge is -2.10. The van der Waals surface area contributed by atoms with Gasteiger partial charge in [0.15, 0.2) is 0 Å². The molecule has 1 aliphatic heterocycles. The van der Waals surface area contributed by atoms with Crippen LogP contribution in [0, 0.1) is 18.6 Å². The van der Waals surface area contributed by atoms with Crippen LogP contribution in [0.2, 0.25) is 0 Å². The third kappa shape index (κ3) is 2.46. The predicted octanol–water partition coefficient (Wildman–Crippen LogP) is 3.49. The fourth-order valence-corrected chi connectivity index (χ4v) is 2.44. The fraction of sp³-hybridized carbons (Fsp3) is 0.188. The van der Waals surface area contributed by atoms with Crippen LogP contribution in [-0.2, 0) is 6.42 Å². The van der Waals surface area contributed by atoms with Crippen LogP contribution in [0.3, 0.4) is 0 Å². The van der Waals surface area contributed by atoms with Crippen LogP contribution in [0.4, 0.5) is 20.2 Å². The largest absolute Gasteiger partial charge is 0.384 e. The number of benzene rings is 2. The summed E-state index contributed by atoms with van der Waals surface area (Å²) in [6, 6.07) is 7.78. The van der Waals surface area contributed by atoms with E-state index in [2.05, 4.69) is 10.6 Å². The molecule has 1 aliphatic rings. The molecule has 2 aromatic carbocycles. The summed E-state index contributed by atoms with van der Waals surface area (Å²) in [5.74, 6) is -2.46. The molecule has 0 saturated carbocycles. The van der Waals surface area contributed by atoms with Crippen LogP contribution in [0.15, 0.2) is 30.3 Å². The Balaban J connectivity index is 1.89. The molecular weight excluding hydrogens is 274 g/mol. The molecule has 0 aliphatic carbocycles. The Morgan fingerprint density at radius 1 is 1.24 bits per heavy atom. The van der Waals surface area contributed by atoms with Gasteiger partial charge < -0.3 is 10.6 Å². The number of anilines is 2. The second kappa shape index (κ2) is 5.16. The van der Waals surface area contributed by atoms with Crippen LogP contribution in [0.25, 0.3) is 0 Å².